The van der Waals surface area contributed by atoms with Crippen LogP contribution in [0.25, 0.3) is 11.3 Å². The number of aromatic nitrogens is 1. The molecule has 3 aromatic rings. The Balaban J connectivity index is 1.51. The first-order valence-corrected chi connectivity index (χ1v) is 9.06. The highest BCUT2D eigenvalue weighted by Gasteiger charge is 2.23. The standard InChI is InChI=1S/C21H16ClN3O3/c22-18-9-6-15(13-17(18)19-3-1-2-10-23-19)24-20(26)14-4-7-16(8-5-14)25-11-12-28-21(25)27/h1-10,13H,11-12H2,(H,24,26). The number of rotatable bonds is 4. The molecule has 0 saturated carbocycles. The Bertz CT molecular complexity index is 1020. The third-order valence-corrected chi connectivity index (χ3v) is 4.70. The normalized spacial score (nSPS) is 13.3. The second kappa shape index (κ2) is 7.70. The van der Waals surface area contributed by atoms with E-state index in [9.17, 15) is 9.59 Å². The number of anilines is 2. The van der Waals surface area contributed by atoms with Crippen LogP contribution in [0.3, 0.4) is 0 Å². The molecule has 0 aliphatic carbocycles. The van der Waals surface area contributed by atoms with Gasteiger partial charge in [-0.2, -0.15) is 0 Å². The van der Waals surface area contributed by atoms with Gasteiger partial charge in [-0.05, 0) is 54.6 Å². The zero-order valence-corrected chi connectivity index (χ0v) is 15.5. The zero-order chi connectivity index (χ0) is 19.5. The molecule has 1 fully saturated rings. The van der Waals surface area contributed by atoms with Gasteiger partial charge < -0.3 is 10.1 Å². The van der Waals surface area contributed by atoms with Gasteiger partial charge in [-0.1, -0.05) is 17.7 Å². The molecular formula is C21H16ClN3O3. The summed E-state index contributed by atoms with van der Waals surface area (Å²) in [5, 5.41) is 3.42. The summed E-state index contributed by atoms with van der Waals surface area (Å²) in [5.74, 6) is -0.259. The van der Waals surface area contributed by atoms with Crippen LogP contribution in [0.4, 0.5) is 16.2 Å². The lowest BCUT2D eigenvalue weighted by atomic mass is 10.1. The largest absolute Gasteiger partial charge is 0.447 e. The second-order valence-electron chi connectivity index (χ2n) is 6.18. The number of amides is 2. The number of hydrogen-bond donors (Lipinski definition) is 1. The van der Waals surface area contributed by atoms with Crippen molar-refractivity contribution in [3.63, 3.8) is 0 Å². The number of pyridine rings is 1. The Kier molecular flexibility index (Phi) is 4.95. The van der Waals surface area contributed by atoms with Gasteiger partial charge in [-0.3, -0.25) is 14.7 Å². The summed E-state index contributed by atoms with van der Waals surface area (Å²) < 4.78 is 4.93. The van der Waals surface area contributed by atoms with Gasteiger partial charge in [-0.15, -0.1) is 0 Å². The molecule has 0 radical (unpaired) electrons. The van der Waals surface area contributed by atoms with Crippen LogP contribution >= 0.6 is 11.6 Å². The van der Waals surface area contributed by atoms with E-state index in [4.69, 9.17) is 16.3 Å². The van der Waals surface area contributed by atoms with E-state index in [1.54, 1.807) is 48.7 Å². The Morgan fingerprint density at radius 3 is 2.61 bits per heavy atom. The Labute approximate surface area is 166 Å². The predicted molar refractivity (Wildman–Crippen MR) is 108 cm³/mol. The van der Waals surface area contributed by atoms with Crippen molar-refractivity contribution in [1.82, 2.24) is 4.98 Å². The molecule has 6 nitrogen and oxygen atoms in total. The summed E-state index contributed by atoms with van der Waals surface area (Å²) in [5.41, 5.74) is 3.25. The van der Waals surface area contributed by atoms with Gasteiger partial charge in [0.1, 0.15) is 6.61 Å². The average molecular weight is 394 g/mol. The number of nitrogens with zero attached hydrogens (tertiary/aromatic N) is 2. The van der Waals surface area contributed by atoms with Gasteiger partial charge in [-0.25, -0.2) is 4.79 Å². The number of carbonyl (C=O) groups excluding carboxylic acids is 2. The molecular weight excluding hydrogens is 378 g/mol. The lowest BCUT2D eigenvalue weighted by molar-refractivity contribution is 0.102. The summed E-state index contributed by atoms with van der Waals surface area (Å²) in [6.07, 6.45) is 1.31. The fourth-order valence-electron chi connectivity index (χ4n) is 2.95. The summed E-state index contributed by atoms with van der Waals surface area (Å²) in [7, 11) is 0. The fraction of sp³-hybridized carbons (Fsp3) is 0.0952. The zero-order valence-electron chi connectivity index (χ0n) is 14.8. The van der Waals surface area contributed by atoms with Crippen molar-refractivity contribution < 1.29 is 14.3 Å². The number of benzene rings is 2. The minimum Gasteiger partial charge on any atom is -0.447 e. The van der Waals surface area contributed by atoms with Crippen molar-refractivity contribution in [2.75, 3.05) is 23.4 Å². The van der Waals surface area contributed by atoms with E-state index in [1.165, 1.54) is 4.90 Å². The third kappa shape index (κ3) is 3.68. The maximum Gasteiger partial charge on any atom is 0.414 e. The number of carbonyl (C=O) groups is 2. The number of hydrogen-bond acceptors (Lipinski definition) is 4. The van der Waals surface area contributed by atoms with Gasteiger partial charge in [0.15, 0.2) is 0 Å². The maximum absolute atomic E-state index is 12.6. The van der Waals surface area contributed by atoms with E-state index in [-0.39, 0.29) is 12.0 Å². The molecule has 1 aliphatic rings. The molecule has 2 heterocycles. The minimum absolute atomic E-state index is 0.259. The lowest BCUT2D eigenvalue weighted by Gasteiger charge is -2.13. The van der Waals surface area contributed by atoms with Crippen molar-refractivity contribution in [2.45, 2.75) is 0 Å². The van der Waals surface area contributed by atoms with Crippen LogP contribution in [0.15, 0.2) is 66.9 Å². The second-order valence-corrected chi connectivity index (χ2v) is 6.58. The van der Waals surface area contributed by atoms with Gasteiger partial charge in [0.25, 0.3) is 5.91 Å². The Morgan fingerprint density at radius 1 is 1.11 bits per heavy atom. The van der Waals surface area contributed by atoms with E-state index < -0.39 is 0 Å². The molecule has 28 heavy (non-hydrogen) atoms. The average Bonchev–Trinajstić information content (AvgIpc) is 3.16. The van der Waals surface area contributed by atoms with Crippen molar-refractivity contribution >= 4 is 35.0 Å². The van der Waals surface area contributed by atoms with Crippen LogP contribution < -0.4 is 10.2 Å². The molecule has 0 atom stereocenters. The van der Waals surface area contributed by atoms with Crippen LogP contribution in [-0.4, -0.2) is 30.1 Å². The number of cyclic esters (lactones) is 1. The van der Waals surface area contributed by atoms with Crippen LogP contribution in [0.2, 0.25) is 5.02 Å². The summed E-state index contributed by atoms with van der Waals surface area (Å²) in [4.78, 5) is 30.0. The molecule has 0 spiro atoms. The Morgan fingerprint density at radius 2 is 1.93 bits per heavy atom. The summed E-state index contributed by atoms with van der Waals surface area (Å²) >= 11 is 6.28. The van der Waals surface area contributed by atoms with E-state index in [1.807, 2.05) is 18.2 Å². The lowest BCUT2D eigenvalue weighted by Crippen LogP contribution is -2.23. The molecule has 140 valence electrons. The summed E-state index contributed by atoms with van der Waals surface area (Å²) in [6, 6.07) is 17.6. The molecule has 1 aliphatic heterocycles. The molecule has 2 amide bonds. The SMILES string of the molecule is O=C(Nc1ccc(Cl)c(-c2ccccn2)c1)c1ccc(N2CCOC2=O)cc1. The maximum atomic E-state index is 12.6. The van der Waals surface area contributed by atoms with Crippen molar-refractivity contribution in [1.29, 1.82) is 0 Å². The first-order valence-electron chi connectivity index (χ1n) is 8.68. The first kappa shape index (κ1) is 18.0. The smallest absolute Gasteiger partial charge is 0.414 e. The highest BCUT2D eigenvalue weighted by molar-refractivity contribution is 6.33. The molecule has 7 heteroatoms. The molecule has 1 saturated heterocycles. The topological polar surface area (TPSA) is 71.5 Å². The van der Waals surface area contributed by atoms with Gasteiger partial charge >= 0.3 is 6.09 Å². The van der Waals surface area contributed by atoms with Gasteiger partial charge in [0.05, 0.1) is 17.3 Å². The van der Waals surface area contributed by atoms with Gasteiger partial charge in [0.2, 0.25) is 0 Å². The predicted octanol–water partition coefficient (Wildman–Crippen LogP) is 4.61. The minimum atomic E-state index is -0.375. The highest BCUT2D eigenvalue weighted by Crippen LogP contribution is 2.29. The van der Waals surface area contributed by atoms with Crippen LogP contribution in [0.1, 0.15) is 10.4 Å². The fourth-order valence-corrected chi connectivity index (χ4v) is 3.16. The van der Waals surface area contributed by atoms with E-state index in [0.717, 1.165) is 11.3 Å². The Hall–Kier alpha value is -3.38. The monoisotopic (exact) mass is 393 g/mol. The van der Waals surface area contributed by atoms with Crippen molar-refractivity contribution in [2.24, 2.45) is 0 Å². The number of halogens is 1. The third-order valence-electron chi connectivity index (χ3n) is 4.37. The first-order chi connectivity index (χ1) is 13.6. The number of nitrogens with one attached hydrogen (secondary N) is 1. The highest BCUT2D eigenvalue weighted by atomic mass is 35.5. The van der Waals surface area contributed by atoms with Crippen molar-refractivity contribution in [3.8, 4) is 11.3 Å². The van der Waals surface area contributed by atoms with Crippen LogP contribution in [-0.2, 0) is 4.74 Å². The molecule has 1 aromatic heterocycles. The molecule has 0 bridgehead atoms. The molecule has 1 N–H and O–H groups in total. The quantitative estimate of drug-likeness (QED) is 0.702. The van der Waals surface area contributed by atoms with E-state index in [0.29, 0.717) is 35.1 Å². The molecule has 4 rings (SSSR count). The molecule has 0 unspecified atom stereocenters. The molecule has 2 aromatic carbocycles. The van der Waals surface area contributed by atoms with Crippen molar-refractivity contribution in [3.05, 3.63) is 77.4 Å². The van der Waals surface area contributed by atoms with E-state index >= 15 is 0 Å². The van der Waals surface area contributed by atoms with Crippen LogP contribution in [0.5, 0.6) is 0 Å². The summed E-state index contributed by atoms with van der Waals surface area (Å²) in [6.45, 7) is 0.877. The van der Waals surface area contributed by atoms with Gasteiger partial charge in [0, 0.05) is 28.7 Å². The van der Waals surface area contributed by atoms with Crippen LogP contribution in [0, 0.1) is 0 Å². The van der Waals surface area contributed by atoms with E-state index in [2.05, 4.69) is 10.3 Å². The number of ether oxygens (including phenoxy) is 1.